The van der Waals surface area contributed by atoms with E-state index in [4.69, 9.17) is 10.5 Å². The molecular weight excluding hydrogens is 302 g/mol. The van der Waals surface area contributed by atoms with E-state index in [2.05, 4.69) is 5.32 Å². The van der Waals surface area contributed by atoms with Gasteiger partial charge < -0.3 is 20.7 Å². The van der Waals surface area contributed by atoms with Crippen molar-refractivity contribution in [1.29, 1.82) is 0 Å². The molecule has 7 heteroatoms. The second-order valence-electron chi connectivity index (χ2n) is 5.71. The van der Waals surface area contributed by atoms with Gasteiger partial charge in [0.25, 0.3) is 0 Å². The number of thioether (sulfide) groups is 1. The fourth-order valence-electron chi connectivity index (χ4n) is 3.05. The molecule has 1 aromatic rings. The van der Waals surface area contributed by atoms with E-state index in [1.807, 2.05) is 6.92 Å². The first kappa shape index (κ1) is 15.0. The molecule has 22 heavy (non-hydrogen) atoms. The molecule has 0 bridgehead atoms. The molecule has 0 aromatic heterocycles. The lowest BCUT2D eigenvalue weighted by atomic mass is 10.2. The van der Waals surface area contributed by atoms with Crippen molar-refractivity contribution in [2.75, 3.05) is 23.9 Å². The predicted octanol–water partition coefficient (Wildman–Crippen LogP) is 1.67. The summed E-state index contributed by atoms with van der Waals surface area (Å²) in [6.07, 6.45) is 1.32. The topological polar surface area (TPSA) is 84.7 Å². The lowest BCUT2D eigenvalue weighted by molar-refractivity contribution is -0.135. The maximum absolute atomic E-state index is 12.5. The molecule has 6 nitrogen and oxygen atoms in total. The minimum atomic E-state index is -0.423. The lowest BCUT2D eigenvalue weighted by Gasteiger charge is -2.29. The van der Waals surface area contributed by atoms with E-state index in [9.17, 15) is 9.59 Å². The monoisotopic (exact) mass is 321 g/mol. The Balaban J connectivity index is 1.75. The second kappa shape index (κ2) is 5.39. The third-order valence-electron chi connectivity index (χ3n) is 4.24. The summed E-state index contributed by atoms with van der Waals surface area (Å²) < 4.78 is 5.09. The van der Waals surface area contributed by atoms with Crippen molar-refractivity contribution in [2.45, 2.75) is 30.7 Å². The van der Waals surface area contributed by atoms with E-state index >= 15 is 0 Å². The van der Waals surface area contributed by atoms with Gasteiger partial charge in [0.05, 0.1) is 17.7 Å². The number of hydrogen-bond donors (Lipinski definition) is 2. The third-order valence-corrected chi connectivity index (χ3v) is 5.75. The van der Waals surface area contributed by atoms with E-state index in [0.717, 1.165) is 6.42 Å². The Morgan fingerprint density at radius 3 is 3.00 bits per heavy atom. The SMILES string of the molecule is COc1ccc(NC(=O)C2CSC3(C)CCC(=O)N23)cc1N. The number of nitrogen functional groups attached to an aromatic ring is 1. The van der Waals surface area contributed by atoms with Crippen LogP contribution in [0.2, 0.25) is 0 Å². The number of carbonyl (C=O) groups is 2. The summed E-state index contributed by atoms with van der Waals surface area (Å²) in [5, 5.41) is 2.84. The normalized spacial score (nSPS) is 26.9. The van der Waals surface area contributed by atoms with Crippen molar-refractivity contribution < 1.29 is 14.3 Å². The number of ether oxygens (including phenoxy) is 1. The van der Waals surface area contributed by atoms with Gasteiger partial charge in [0.2, 0.25) is 11.8 Å². The van der Waals surface area contributed by atoms with Gasteiger partial charge in [-0.3, -0.25) is 9.59 Å². The highest BCUT2D eigenvalue weighted by atomic mass is 32.2. The molecule has 1 aromatic carbocycles. The van der Waals surface area contributed by atoms with Gasteiger partial charge in [-0.2, -0.15) is 0 Å². The largest absolute Gasteiger partial charge is 0.495 e. The van der Waals surface area contributed by atoms with Crippen LogP contribution in [-0.4, -0.2) is 40.5 Å². The van der Waals surface area contributed by atoms with Crippen molar-refractivity contribution in [3.8, 4) is 5.75 Å². The predicted molar refractivity (Wildman–Crippen MR) is 86.8 cm³/mol. The standard InChI is InChI=1S/C15H19N3O3S/c1-15-6-5-13(19)18(15)11(8-22-15)14(20)17-9-3-4-12(21-2)10(16)7-9/h3-4,7,11H,5-6,8,16H2,1-2H3,(H,17,20). The average molecular weight is 321 g/mol. The van der Waals surface area contributed by atoms with E-state index in [-0.39, 0.29) is 16.7 Å². The molecule has 2 unspecified atom stereocenters. The van der Waals surface area contributed by atoms with Gasteiger partial charge in [0.15, 0.2) is 0 Å². The first-order chi connectivity index (χ1) is 10.4. The van der Waals surface area contributed by atoms with Crippen LogP contribution in [0.4, 0.5) is 11.4 Å². The third kappa shape index (κ3) is 2.39. The molecule has 0 aliphatic carbocycles. The van der Waals surface area contributed by atoms with Crippen LogP contribution in [0.25, 0.3) is 0 Å². The highest BCUT2D eigenvalue weighted by molar-refractivity contribution is 8.01. The molecular formula is C15H19N3O3S. The van der Waals surface area contributed by atoms with E-state index in [1.165, 1.54) is 0 Å². The Morgan fingerprint density at radius 2 is 2.32 bits per heavy atom. The molecule has 118 valence electrons. The zero-order valence-electron chi connectivity index (χ0n) is 12.6. The van der Waals surface area contributed by atoms with Crippen molar-refractivity contribution in [2.24, 2.45) is 0 Å². The molecule has 2 saturated heterocycles. The Labute approximate surface area is 133 Å². The highest BCUT2D eigenvalue weighted by Crippen LogP contribution is 2.47. The molecule has 3 rings (SSSR count). The minimum absolute atomic E-state index is 0.0573. The smallest absolute Gasteiger partial charge is 0.248 e. The van der Waals surface area contributed by atoms with Crippen molar-refractivity contribution in [3.05, 3.63) is 18.2 Å². The van der Waals surface area contributed by atoms with E-state index in [1.54, 1.807) is 42.0 Å². The first-order valence-electron chi connectivity index (χ1n) is 7.15. The van der Waals surface area contributed by atoms with Crippen LogP contribution in [0.5, 0.6) is 5.75 Å². The summed E-state index contributed by atoms with van der Waals surface area (Å²) in [4.78, 5) is 26.1. The zero-order chi connectivity index (χ0) is 15.9. The summed E-state index contributed by atoms with van der Waals surface area (Å²) in [5.74, 6) is 1.08. The number of amides is 2. The Morgan fingerprint density at radius 1 is 1.55 bits per heavy atom. The molecule has 3 N–H and O–H groups in total. The van der Waals surface area contributed by atoms with Gasteiger partial charge >= 0.3 is 0 Å². The molecule has 2 amide bonds. The first-order valence-corrected chi connectivity index (χ1v) is 8.14. The lowest BCUT2D eigenvalue weighted by Crippen LogP contribution is -2.48. The van der Waals surface area contributed by atoms with Gasteiger partial charge in [-0.1, -0.05) is 0 Å². The van der Waals surface area contributed by atoms with Crippen molar-refractivity contribution in [3.63, 3.8) is 0 Å². The minimum Gasteiger partial charge on any atom is -0.495 e. The van der Waals surface area contributed by atoms with Crippen LogP contribution in [0.3, 0.4) is 0 Å². The van der Waals surface area contributed by atoms with E-state index < -0.39 is 6.04 Å². The number of hydrogen-bond acceptors (Lipinski definition) is 5. The summed E-state index contributed by atoms with van der Waals surface area (Å²) in [5.41, 5.74) is 6.91. The van der Waals surface area contributed by atoms with Crippen LogP contribution in [-0.2, 0) is 9.59 Å². The van der Waals surface area contributed by atoms with Gasteiger partial charge in [-0.05, 0) is 31.5 Å². The molecule has 2 aliphatic heterocycles. The van der Waals surface area contributed by atoms with Crippen LogP contribution in [0.1, 0.15) is 19.8 Å². The maximum atomic E-state index is 12.5. The molecule has 0 saturated carbocycles. The fraction of sp³-hybridized carbons (Fsp3) is 0.467. The molecule has 0 spiro atoms. The summed E-state index contributed by atoms with van der Waals surface area (Å²) in [7, 11) is 1.54. The number of nitrogens with two attached hydrogens (primary N) is 1. The van der Waals surface area contributed by atoms with Gasteiger partial charge in [0.1, 0.15) is 11.8 Å². The summed E-state index contributed by atoms with van der Waals surface area (Å²) in [6.45, 7) is 2.03. The number of methoxy groups -OCH3 is 1. The molecule has 2 aliphatic rings. The summed E-state index contributed by atoms with van der Waals surface area (Å²) >= 11 is 1.67. The number of benzene rings is 1. The zero-order valence-corrected chi connectivity index (χ0v) is 13.4. The number of anilines is 2. The van der Waals surface area contributed by atoms with Crippen LogP contribution in [0.15, 0.2) is 18.2 Å². The Bertz CT molecular complexity index is 636. The van der Waals surface area contributed by atoms with Crippen molar-refractivity contribution in [1.82, 2.24) is 4.90 Å². The Kier molecular flexibility index (Phi) is 3.68. The van der Waals surface area contributed by atoms with Crippen LogP contribution < -0.4 is 15.8 Å². The number of fused-ring (bicyclic) bond motifs is 1. The second-order valence-corrected chi connectivity index (χ2v) is 7.21. The number of nitrogens with one attached hydrogen (secondary N) is 1. The number of carbonyl (C=O) groups excluding carboxylic acids is 2. The van der Waals surface area contributed by atoms with Gasteiger partial charge in [-0.25, -0.2) is 0 Å². The molecule has 2 fully saturated rings. The van der Waals surface area contributed by atoms with Crippen LogP contribution in [0, 0.1) is 0 Å². The number of rotatable bonds is 3. The maximum Gasteiger partial charge on any atom is 0.248 e. The fourth-order valence-corrected chi connectivity index (χ4v) is 4.48. The van der Waals surface area contributed by atoms with E-state index in [0.29, 0.717) is 29.3 Å². The molecule has 2 atom stereocenters. The van der Waals surface area contributed by atoms with Gasteiger partial charge in [-0.15, -0.1) is 11.8 Å². The van der Waals surface area contributed by atoms with Crippen LogP contribution >= 0.6 is 11.8 Å². The number of nitrogens with zero attached hydrogens (tertiary/aromatic N) is 1. The van der Waals surface area contributed by atoms with Gasteiger partial charge in [0, 0.05) is 17.9 Å². The van der Waals surface area contributed by atoms with Crippen molar-refractivity contribution >= 4 is 35.0 Å². The molecule has 0 radical (unpaired) electrons. The average Bonchev–Trinajstić information content (AvgIpc) is 2.96. The summed E-state index contributed by atoms with van der Waals surface area (Å²) in [6, 6.07) is 4.68. The Hall–Kier alpha value is -1.89. The quantitative estimate of drug-likeness (QED) is 0.827. The highest BCUT2D eigenvalue weighted by Gasteiger charge is 2.52. The molecule has 2 heterocycles.